The van der Waals surface area contributed by atoms with Gasteiger partial charge in [0.15, 0.2) is 0 Å². The molecule has 0 heterocycles. The predicted octanol–water partition coefficient (Wildman–Crippen LogP) is 3.46. The molecule has 1 amide bonds. The van der Waals surface area contributed by atoms with Gasteiger partial charge in [-0.3, -0.25) is 10.2 Å². The molecule has 7 N–H and O–H groups in total. The summed E-state index contributed by atoms with van der Waals surface area (Å²) < 4.78 is 0. The van der Waals surface area contributed by atoms with Crippen LogP contribution < -0.4 is 16.8 Å². The summed E-state index contributed by atoms with van der Waals surface area (Å²) >= 11 is 0. The molecular formula is C27H32N4O2. The topological polar surface area (TPSA) is 125 Å². The molecule has 0 aliphatic carbocycles. The van der Waals surface area contributed by atoms with E-state index in [1.807, 2.05) is 67.6 Å². The van der Waals surface area contributed by atoms with E-state index in [9.17, 15) is 9.90 Å². The Bertz CT molecular complexity index is 1100. The lowest BCUT2D eigenvalue weighted by Crippen LogP contribution is -2.42. The van der Waals surface area contributed by atoms with Gasteiger partial charge in [0.1, 0.15) is 5.84 Å². The first kappa shape index (κ1) is 24.2. The van der Waals surface area contributed by atoms with Crippen LogP contribution >= 0.6 is 0 Å². The van der Waals surface area contributed by atoms with E-state index in [0.717, 1.165) is 22.3 Å². The Labute approximate surface area is 195 Å². The second kappa shape index (κ2) is 11.4. The molecule has 0 spiro atoms. The Hall–Kier alpha value is -3.48. The Balaban J connectivity index is 1.70. The van der Waals surface area contributed by atoms with Gasteiger partial charge in [-0.15, -0.1) is 0 Å². The first-order chi connectivity index (χ1) is 15.9. The van der Waals surface area contributed by atoms with Crippen LogP contribution in [0.5, 0.6) is 0 Å². The summed E-state index contributed by atoms with van der Waals surface area (Å²) in [6, 6.07) is 22.8. The number of amidine groups is 1. The maximum Gasteiger partial charge on any atom is 0.251 e. The van der Waals surface area contributed by atoms with Gasteiger partial charge < -0.3 is 21.9 Å². The highest BCUT2D eigenvalue weighted by Crippen LogP contribution is 2.22. The quantitative estimate of drug-likeness (QED) is 0.242. The fourth-order valence-electron chi connectivity index (χ4n) is 4.00. The van der Waals surface area contributed by atoms with Crippen molar-refractivity contribution in [3.05, 3.63) is 95.1 Å². The van der Waals surface area contributed by atoms with E-state index < -0.39 is 0 Å². The highest BCUT2D eigenvalue weighted by molar-refractivity contribution is 5.95. The molecule has 3 aromatic carbocycles. The zero-order valence-electron chi connectivity index (χ0n) is 18.9. The molecule has 33 heavy (non-hydrogen) atoms. The summed E-state index contributed by atoms with van der Waals surface area (Å²) in [6.07, 6.45) is 1.26. The minimum atomic E-state index is -0.190. The zero-order chi connectivity index (χ0) is 23.8. The van der Waals surface area contributed by atoms with Gasteiger partial charge in [-0.25, -0.2) is 0 Å². The molecule has 172 valence electrons. The lowest BCUT2D eigenvalue weighted by molar-refractivity contribution is 0.0901. The van der Waals surface area contributed by atoms with E-state index in [0.29, 0.717) is 30.5 Å². The Morgan fingerprint density at radius 1 is 0.970 bits per heavy atom. The van der Waals surface area contributed by atoms with Crippen molar-refractivity contribution in [1.82, 2.24) is 5.32 Å². The average Bonchev–Trinajstić information content (AvgIpc) is 2.86. The number of carbonyl (C=O) groups is 1. The molecular weight excluding hydrogens is 412 g/mol. The third kappa shape index (κ3) is 6.28. The molecule has 0 saturated carbocycles. The molecule has 0 bridgehead atoms. The van der Waals surface area contributed by atoms with E-state index >= 15 is 0 Å². The molecule has 6 nitrogen and oxygen atoms in total. The molecule has 3 rings (SSSR count). The monoisotopic (exact) mass is 444 g/mol. The maximum atomic E-state index is 12.9. The van der Waals surface area contributed by atoms with E-state index in [4.69, 9.17) is 16.9 Å². The summed E-state index contributed by atoms with van der Waals surface area (Å²) in [5.74, 6) is -0.310. The predicted molar refractivity (Wildman–Crippen MR) is 133 cm³/mol. The summed E-state index contributed by atoms with van der Waals surface area (Å²) in [7, 11) is 0. The van der Waals surface area contributed by atoms with Crippen LogP contribution in [0.2, 0.25) is 0 Å². The Morgan fingerprint density at radius 3 is 2.30 bits per heavy atom. The van der Waals surface area contributed by atoms with Gasteiger partial charge in [0, 0.05) is 36.2 Å². The second-order valence-corrected chi connectivity index (χ2v) is 8.23. The summed E-state index contributed by atoms with van der Waals surface area (Å²) in [6.45, 7) is 2.42. The SMILES string of the molecule is CCC(NC(=O)c1ccc(-c2cccc(CN)c2)cc1)C(CO)Cc1cccc(C(=N)N)c1. The number of hydrogen-bond acceptors (Lipinski definition) is 4. The number of benzene rings is 3. The van der Waals surface area contributed by atoms with Crippen LogP contribution in [0, 0.1) is 11.3 Å². The average molecular weight is 445 g/mol. The van der Waals surface area contributed by atoms with Crippen LogP contribution in [0.15, 0.2) is 72.8 Å². The number of nitrogens with one attached hydrogen (secondary N) is 2. The Kier molecular flexibility index (Phi) is 8.35. The van der Waals surface area contributed by atoms with Gasteiger partial charge in [-0.2, -0.15) is 0 Å². The minimum absolute atomic E-state index is 0.0101. The van der Waals surface area contributed by atoms with E-state index in [1.165, 1.54) is 0 Å². The highest BCUT2D eigenvalue weighted by Gasteiger charge is 2.22. The van der Waals surface area contributed by atoms with Gasteiger partial charge in [-0.05, 0) is 59.4 Å². The molecule has 2 atom stereocenters. The first-order valence-electron chi connectivity index (χ1n) is 11.2. The number of aliphatic hydroxyl groups excluding tert-OH is 1. The van der Waals surface area contributed by atoms with E-state index in [2.05, 4.69) is 11.4 Å². The zero-order valence-corrected chi connectivity index (χ0v) is 18.9. The van der Waals surface area contributed by atoms with Gasteiger partial charge in [-0.1, -0.05) is 55.5 Å². The van der Waals surface area contributed by atoms with Gasteiger partial charge in [0.25, 0.3) is 5.91 Å². The van der Waals surface area contributed by atoms with E-state index in [-0.39, 0.29) is 30.3 Å². The van der Waals surface area contributed by atoms with Crippen LogP contribution in [0.25, 0.3) is 11.1 Å². The van der Waals surface area contributed by atoms with Crippen LogP contribution in [0.1, 0.15) is 40.4 Å². The number of amides is 1. The summed E-state index contributed by atoms with van der Waals surface area (Å²) in [5, 5.41) is 20.7. The van der Waals surface area contributed by atoms with Crippen LogP contribution in [-0.4, -0.2) is 29.5 Å². The van der Waals surface area contributed by atoms with Crippen LogP contribution in [-0.2, 0) is 13.0 Å². The first-order valence-corrected chi connectivity index (χ1v) is 11.2. The molecule has 2 unspecified atom stereocenters. The van der Waals surface area contributed by atoms with Crippen molar-refractivity contribution < 1.29 is 9.90 Å². The molecule has 0 aliphatic heterocycles. The number of rotatable bonds is 10. The normalized spacial score (nSPS) is 12.7. The number of carbonyl (C=O) groups excluding carboxylic acids is 1. The third-order valence-corrected chi connectivity index (χ3v) is 5.94. The van der Waals surface area contributed by atoms with Crippen molar-refractivity contribution in [2.75, 3.05) is 6.61 Å². The van der Waals surface area contributed by atoms with Crippen molar-refractivity contribution in [3.63, 3.8) is 0 Å². The summed E-state index contributed by atoms with van der Waals surface area (Å²) in [5.41, 5.74) is 16.7. The van der Waals surface area contributed by atoms with Crippen molar-refractivity contribution in [2.45, 2.75) is 32.4 Å². The molecule has 0 fully saturated rings. The van der Waals surface area contributed by atoms with Crippen molar-refractivity contribution >= 4 is 11.7 Å². The van der Waals surface area contributed by atoms with Crippen molar-refractivity contribution in [2.24, 2.45) is 17.4 Å². The molecule has 0 aliphatic rings. The van der Waals surface area contributed by atoms with E-state index in [1.54, 1.807) is 6.07 Å². The second-order valence-electron chi connectivity index (χ2n) is 8.23. The van der Waals surface area contributed by atoms with Gasteiger partial charge in [0.05, 0.1) is 0 Å². The third-order valence-electron chi connectivity index (χ3n) is 5.94. The fraction of sp³-hybridized carbons (Fsp3) is 0.259. The minimum Gasteiger partial charge on any atom is -0.396 e. The molecule has 6 heteroatoms. The standard InChI is InChI=1S/C27H32N4O2/c1-2-25(24(17-32)14-18-5-3-8-23(13-18)26(29)30)31-27(33)21-11-9-20(10-12-21)22-7-4-6-19(15-22)16-28/h3-13,15,24-25,32H,2,14,16-17,28H2,1H3,(H3,29,30)(H,31,33). The number of hydrogen-bond donors (Lipinski definition) is 5. The van der Waals surface area contributed by atoms with Crippen molar-refractivity contribution in [3.8, 4) is 11.1 Å². The van der Waals surface area contributed by atoms with Crippen LogP contribution in [0.3, 0.4) is 0 Å². The highest BCUT2D eigenvalue weighted by atomic mass is 16.3. The molecule has 0 aromatic heterocycles. The maximum absolute atomic E-state index is 12.9. The van der Waals surface area contributed by atoms with Crippen molar-refractivity contribution in [1.29, 1.82) is 5.41 Å². The smallest absolute Gasteiger partial charge is 0.251 e. The van der Waals surface area contributed by atoms with Crippen LogP contribution in [0.4, 0.5) is 0 Å². The van der Waals surface area contributed by atoms with Gasteiger partial charge in [0.2, 0.25) is 0 Å². The number of nitrogens with two attached hydrogens (primary N) is 2. The van der Waals surface area contributed by atoms with Gasteiger partial charge >= 0.3 is 0 Å². The summed E-state index contributed by atoms with van der Waals surface area (Å²) in [4.78, 5) is 12.9. The lowest BCUT2D eigenvalue weighted by Gasteiger charge is -2.26. The number of aliphatic hydroxyl groups is 1. The lowest BCUT2D eigenvalue weighted by atomic mass is 9.90. The molecule has 0 radical (unpaired) electrons. The Morgan fingerprint density at radius 2 is 1.67 bits per heavy atom. The number of nitrogen functional groups attached to an aromatic ring is 1. The molecule has 0 saturated heterocycles. The largest absolute Gasteiger partial charge is 0.396 e. The molecule has 3 aromatic rings. The fourth-order valence-corrected chi connectivity index (χ4v) is 4.00.